The summed E-state index contributed by atoms with van der Waals surface area (Å²) in [6.45, 7) is 3.95. The highest BCUT2D eigenvalue weighted by Crippen LogP contribution is 2.27. The van der Waals surface area contributed by atoms with E-state index in [1.165, 1.54) is 0 Å². The maximum atomic E-state index is 12.5. The van der Waals surface area contributed by atoms with Gasteiger partial charge in [0.05, 0.1) is 23.7 Å². The number of aromatic nitrogens is 1. The maximum Gasteiger partial charge on any atom is 0.340 e. The molecule has 0 radical (unpaired) electrons. The molecule has 27 heavy (non-hydrogen) atoms. The van der Waals surface area contributed by atoms with Gasteiger partial charge in [0.1, 0.15) is 0 Å². The Hall–Kier alpha value is -2.63. The molecule has 1 unspecified atom stereocenters. The minimum absolute atomic E-state index is 0.0239. The fourth-order valence-electron chi connectivity index (χ4n) is 3.25. The third-order valence-corrected chi connectivity index (χ3v) is 4.54. The monoisotopic (exact) mass is 365 g/mol. The summed E-state index contributed by atoms with van der Waals surface area (Å²) in [4.78, 5) is 14.6. The zero-order valence-electron chi connectivity index (χ0n) is 16.2. The Labute approximate surface area is 160 Å². The number of hydrogen-bond donors (Lipinski definition) is 1. The summed E-state index contributed by atoms with van der Waals surface area (Å²) >= 11 is 0. The molecule has 0 spiro atoms. The first-order valence-electron chi connectivity index (χ1n) is 9.32. The molecular formula is C22H27N3O2. The first-order chi connectivity index (χ1) is 13.1. The Morgan fingerprint density at radius 3 is 2.59 bits per heavy atom. The van der Waals surface area contributed by atoms with Crippen LogP contribution in [0.1, 0.15) is 34.6 Å². The number of carbonyl (C=O) groups excluding carboxylic acids is 1. The molecule has 2 aromatic heterocycles. The molecule has 0 aliphatic carbocycles. The molecule has 1 aromatic carbocycles. The van der Waals surface area contributed by atoms with Gasteiger partial charge in [0.2, 0.25) is 0 Å². The fourth-order valence-corrected chi connectivity index (χ4v) is 3.25. The molecule has 142 valence electrons. The minimum atomic E-state index is -0.285. The van der Waals surface area contributed by atoms with Crippen LogP contribution in [0.25, 0.3) is 5.52 Å². The third kappa shape index (κ3) is 4.38. The zero-order valence-corrected chi connectivity index (χ0v) is 16.2. The van der Waals surface area contributed by atoms with Gasteiger partial charge in [0.15, 0.2) is 0 Å². The van der Waals surface area contributed by atoms with E-state index >= 15 is 0 Å². The summed E-state index contributed by atoms with van der Waals surface area (Å²) < 4.78 is 7.34. The molecule has 0 saturated heterocycles. The predicted molar refractivity (Wildman–Crippen MR) is 108 cm³/mol. The van der Waals surface area contributed by atoms with E-state index in [9.17, 15) is 4.79 Å². The van der Waals surface area contributed by atoms with Crippen LogP contribution in [0.2, 0.25) is 0 Å². The number of rotatable bonds is 8. The summed E-state index contributed by atoms with van der Waals surface area (Å²) in [5, 5.41) is 3.65. The lowest BCUT2D eigenvalue weighted by Gasteiger charge is -2.21. The molecule has 5 heteroatoms. The summed E-state index contributed by atoms with van der Waals surface area (Å²) in [6, 6.07) is 18.1. The van der Waals surface area contributed by atoms with Gasteiger partial charge < -0.3 is 19.4 Å². The number of likely N-dealkylation sites (N-methyl/N-ethyl adjacent to an activating group) is 1. The number of hydrogen-bond acceptors (Lipinski definition) is 4. The second-order valence-electron chi connectivity index (χ2n) is 6.76. The van der Waals surface area contributed by atoms with Crippen molar-refractivity contribution >= 4 is 11.5 Å². The Kier molecular flexibility index (Phi) is 6.27. The van der Waals surface area contributed by atoms with Gasteiger partial charge in [-0.1, -0.05) is 36.4 Å². The second-order valence-corrected chi connectivity index (χ2v) is 6.76. The summed E-state index contributed by atoms with van der Waals surface area (Å²) in [7, 11) is 4.12. The number of benzene rings is 1. The van der Waals surface area contributed by atoms with Crippen molar-refractivity contribution in [1.29, 1.82) is 0 Å². The molecule has 0 fully saturated rings. The van der Waals surface area contributed by atoms with Gasteiger partial charge in [0.25, 0.3) is 0 Å². The van der Waals surface area contributed by atoms with Crippen LogP contribution in [0, 0.1) is 0 Å². The number of nitrogens with one attached hydrogen (secondary N) is 1. The first-order valence-corrected chi connectivity index (χ1v) is 9.32. The number of esters is 1. The maximum absolute atomic E-state index is 12.5. The van der Waals surface area contributed by atoms with E-state index in [-0.39, 0.29) is 12.0 Å². The smallest absolute Gasteiger partial charge is 0.340 e. The molecule has 0 aliphatic rings. The van der Waals surface area contributed by atoms with Crippen molar-refractivity contribution in [3.63, 3.8) is 0 Å². The lowest BCUT2D eigenvalue weighted by Crippen LogP contribution is -2.31. The van der Waals surface area contributed by atoms with Crippen molar-refractivity contribution in [2.45, 2.75) is 13.0 Å². The van der Waals surface area contributed by atoms with Crippen molar-refractivity contribution in [2.24, 2.45) is 0 Å². The highest BCUT2D eigenvalue weighted by molar-refractivity contribution is 5.97. The molecule has 1 atom stereocenters. The highest BCUT2D eigenvalue weighted by Gasteiger charge is 2.22. The molecule has 5 nitrogen and oxygen atoms in total. The second kappa shape index (κ2) is 8.84. The highest BCUT2D eigenvalue weighted by atomic mass is 16.5. The lowest BCUT2D eigenvalue weighted by molar-refractivity contribution is 0.0528. The van der Waals surface area contributed by atoms with E-state index in [1.54, 1.807) is 0 Å². The molecule has 0 amide bonds. The van der Waals surface area contributed by atoms with Gasteiger partial charge in [-0.2, -0.15) is 0 Å². The standard InChI is InChI=1S/C22H27N3O2/c1-4-27-22(26)18-16-20(25-14-9-8-12-19(18)25)21(23-13-15-24(2)3)17-10-6-5-7-11-17/h5-12,14,16,21,23H,4,13,15H2,1-3H3. The van der Waals surface area contributed by atoms with E-state index < -0.39 is 0 Å². The van der Waals surface area contributed by atoms with E-state index in [0.717, 1.165) is 29.9 Å². The number of carbonyl (C=O) groups is 1. The van der Waals surface area contributed by atoms with Crippen molar-refractivity contribution < 1.29 is 9.53 Å². The number of ether oxygens (including phenoxy) is 1. The van der Waals surface area contributed by atoms with Crippen LogP contribution in [-0.4, -0.2) is 49.1 Å². The van der Waals surface area contributed by atoms with Crippen LogP contribution < -0.4 is 5.32 Å². The largest absolute Gasteiger partial charge is 0.462 e. The quantitative estimate of drug-likeness (QED) is 0.622. The minimum Gasteiger partial charge on any atom is -0.462 e. The van der Waals surface area contributed by atoms with Crippen LogP contribution in [0.5, 0.6) is 0 Å². The van der Waals surface area contributed by atoms with E-state index in [1.807, 2.05) is 55.6 Å². The molecule has 0 aliphatic heterocycles. The normalized spacial score (nSPS) is 12.4. The Bertz CT molecular complexity index is 887. The van der Waals surface area contributed by atoms with Gasteiger partial charge in [0, 0.05) is 25.0 Å². The van der Waals surface area contributed by atoms with Crippen LogP contribution >= 0.6 is 0 Å². The van der Waals surface area contributed by atoms with Crippen LogP contribution in [0.15, 0.2) is 60.8 Å². The van der Waals surface area contributed by atoms with Gasteiger partial charge in [-0.05, 0) is 44.8 Å². The van der Waals surface area contributed by atoms with Gasteiger partial charge in [-0.15, -0.1) is 0 Å². The molecule has 0 saturated carbocycles. The molecule has 3 rings (SSSR count). The van der Waals surface area contributed by atoms with Crippen LogP contribution in [0.4, 0.5) is 0 Å². The molecule has 3 aromatic rings. The molecule has 1 N–H and O–H groups in total. The summed E-state index contributed by atoms with van der Waals surface area (Å²) in [6.07, 6.45) is 2.00. The van der Waals surface area contributed by atoms with Gasteiger partial charge in [-0.25, -0.2) is 4.79 Å². The Morgan fingerprint density at radius 2 is 1.89 bits per heavy atom. The molecular weight excluding hydrogens is 338 g/mol. The summed E-state index contributed by atoms with van der Waals surface area (Å²) in [5.74, 6) is -0.285. The Balaban J connectivity index is 2.05. The zero-order chi connectivity index (χ0) is 19.2. The fraction of sp³-hybridized carbons (Fsp3) is 0.318. The Morgan fingerprint density at radius 1 is 1.15 bits per heavy atom. The topological polar surface area (TPSA) is 46.0 Å². The average molecular weight is 365 g/mol. The number of fused-ring (bicyclic) bond motifs is 1. The predicted octanol–water partition coefficient (Wildman–Crippen LogP) is 3.36. The number of pyridine rings is 1. The first kappa shape index (κ1) is 19.1. The van der Waals surface area contributed by atoms with Gasteiger partial charge in [-0.3, -0.25) is 0 Å². The van der Waals surface area contributed by atoms with Crippen molar-refractivity contribution in [3.8, 4) is 0 Å². The molecule has 2 heterocycles. The van der Waals surface area contributed by atoms with Gasteiger partial charge >= 0.3 is 5.97 Å². The van der Waals surface area contributed by atoms with E-state index in [4.69, 9.17) is 4.74 Å². The van der Waals surface area contributed by atoms with E-state index in [0.29, 0.717) is 12.2 Å². The van der Waals surface area contributed by atoms with Crippen molar-refractivity contribution in [3.05, 3.63) is 77.6 Å². The van der Waals surface area contributed by atoms with Crippen molar-refractivity contribution in [1.82, 2.24) is 14.6 Å². The lowest BCUT2D eigenvalue weighted by atomic mass is 10.0. The SMILES string of the molecule is CCOC(=O)c1cc(C(NCCN(C)C)c2ccccc2)n2ccccc12. The third-order valence-electron chi connectivity index (χ3n) is 4.54. The summed E-state index contributed by atoms with van der Waals surface area (Å²) in [5.41, 5.74) is 3.65. The van der Waals surface area contributed by atoms with E-state index in [2.05, 4.69) is 40.8 Å². The van der Waals surface area contributed by atoms with Crippen molar-refractivity contribution in [2.75, 3.05) is 33.8 Å². The van der Waals surface area contributed by atoms with Crippen LogP contribution in [0.3, 0.4) is 0 Å². The number of nitrogens with zero attached hydrogens (tertiary/aromatic N) is 2. The van der Waals surface area contributed by atoms with Crippen LogP contribution in [-0.2, 0) is 4.74 Å². The average Bonchev–Trinajstić information content (AvgIpc) is 3.05. The molecule has 0 bridgehead atoms.